The standard InChI is InChI=1S/C18H18BrF3N2O2/c1-12(4-5-13-6-8-14(19)9-7-13)23-16(25)11-24-10-2-3-15(17(24)26)18(20,21)22/h2-3,6-10,12H,4-5,11H2,1H3,(H,23,25). The summed E-state index contributed by atoms with van der Waals surface area (Å²) in [6.45, 7) is 1.36. The van der Waals surface area contributed by atoms with Crippen molar-refractivity contribution in [3.63, 3.8) is 0 Å². The van der Waals surface area contributed by atoms with Crippen LogP contribution < -0.4 is 10.9 Å². The molecule has 1 aromatic carbocycles. The maximum Gasteiger partial charge on any atom is 0.421 e. The molecule has 1 heterocycles. The van der Waals surface area contributed by atoms with Crippen LogP contribution in [-0.2, 0) is 23.9 Å². The first-order valence-electron chi connectivity index (χ1n) is 7.97. The van der Waals surface area contributed by atoms with Gasteiger partial charge in [0.1, 0.15) is 12.1 Å². The summed E-state index contributed by atoms with van der Waals surface area (Å²) in [5, 5.41) is 2.71. The number of aromatic nitrogens is 1. The van der Waals surface area contributed by atoms with E-state index >= 15 is 0 Å². The van der Waals surface area contributed by atoms with E-state index in [0.29, 0.717) is 12.5 Å². The number of amides is 1. The Morgan fingerprint density at radius 1 is 1.23 bits per heavy atom. The van der Waals surface area contributed by atoms with Crippen molar-refractivity contribution in [2.24, 2.45) is 0 Å². The van der Waals surface area contributed by atoms with E-state index in [1.807, 2.05) is 31.2 Å². The van der Waals surface area contributed by atoms with E-state index in [9.17, 15) is 22.8 Å². The number of halogens is 4. The van der Waals surface area contributed by atoms with Gasteiger partial charge in [-0.2, -0.15) is 13.2 Å². The number of nitrogens with zero attached hydrogens (tertiary/aromatic N) is 1. The van der Waals surface area contributed by atoms with Gasteiger partial charge >= 0.3 is 6.18 Å². The van der Waals surface area contributed by atoms with Crippen molar-refractivity contribution in [2.75, 3.05) is 0 Å². The molecule has 140 valence electrons. The van der Waals surface area contributed by atoms with E-state index in [-0.39, 0.29) is 6.04 Å². The van der Waals surface area contributed by atoms with E-state index in [4.69, 9.17) is 0 Å². The highest BCUT2D eigenvalue weighted by Gasteiger charge is 2.34. The Morgan fingerprint density at radius 3 is 2.50 bits per heavy atom. The lowest BCUT2D eigenvalue weighted by atomic mass is 10.1. The van der Waals surface area contributed by atoms with Gasteiger partial charge in [-0.1, -0.05) is 28.1 Å². The van der Waals surface area contributed by atoms with Crippen LogP contribution in [0.2, 0.25) is 0 Å². The van der Waals surface area contributed by atoms with Gasteiger partial charge in [-0.15, -0.1) is 0 Å². The summed E-state index contributed by atoms with van der Waals surface area (Å²) in [5.74, 6) is -0.505. The fourth-order valence-electron chi connectivity index (χ4n) is 2.46. The van der Waals surface area contributed by atoms with Crippen molar-refractivity contribution in [3.8, 4) is 0 Å². The highest BCUT2D eigenvalue weighted by Crippen LogP contribution is 2.25. The number of nitrogens with one attached hydrogen (secondary N) is 1. The first-order chi connectivity index (χ1) is 12.2. The van der Waals surface area contributed by atoms with Crippen LogP contribution >= 0.6 is 15.9 Å². The summed E-state index contributed by atoms with van der Waals surface area (Å²) in [6.07, 6.45) is -2.15. The van der Waals surface area contributed by atoms with Crippen molar-refractivity contribution < 1.29 is 18.0 Å². The average Bonchev–Trinajstić information content (AvgIpc) is 2.55. The highest BCUT2D eigenvalue weighted by molar-refractivity contribution is 9.10. The van der Waals surface area contributed by atoms with E-state index in [2.05, 4.69) is 21.2 Å². The third kappa shape index (κ3) is 5.72. The Balaban J connectivity index is 1.92. The molecule has 0 fully saturated rings. The predicted molar refractivity (Wildman–Crippen MR) is 95.8 cm³/mol. The van der Waals surface area contributed by atoms with E-state index < -0.39 is 29.8 Å². The SMILES string of the molecule is CC(CCc1ccc(Br)cc1)NC(=O)Cn1cccc(C(F)(F)F)c1=O. The molecule has 0 aliphatic rings. The predicted octanol–water partition coefficient (Wildman–Crippen LogP) is 3.77. The van der Waals surface area contributed by atoms with Crippen molar-refractivity contribution >= 4 is 21.8 Å². The number of hydrogen-bond acceptors (Lipinski definition) is 2. The van der Waals surface area contributed by atoms with Crippen LogP contribution in [0.1, 0.15) is 24.5 Å². The zero-order valence-electron chi connectivity index (χ0n) is 14.0. The quantitative estimate of drug-likeness (QED) is 0.758. The molecule has 0 spiro atoms. The smallest absolute Gasteiger partial charge is 0.352 e. The molecule has 0 radical (unpaired) electrons. The summed E-state index contributed by atoms with van der Waals surface area (Å²) in [7, 11) is 0. The first kappa shape index (κ1) is 20.2. The lowest BCUT2D eigenvalue weighted by molar-refractivity contribution is -0.139. The second kappa shape index (κ2) is 8.53. The summed E-state index contributed by atoms with van der Waals surface area (Å²) in [4.78, 5) is 23.9. The van der Waals surface area contributed by atoms with Gasteiger partial charge in [0.05, 0.1) is 0 Å². The lowest BCUT2D eigenvalue weighted by Gasteiger charge is -2.15. The Morgan fingerprint density at radius 2 is 1.88 bits per heavy atom. The molecule has 2 rings (SSSR count). The molecule has 1 N–H and O–H groups in total. The van der Waals surface area contributed by atoms with Crippen LogP contribution in [0.5, 0.6) is 0 Å². The molecule has 1 unspecified atom stereocenters. The second-order valence-electron chi connectivity index (χ2n) is 5.99. The van der Waals surface area contributed by atoms with Gasteiger partial charge in [0.2, 0.25) is 5.91 Å². The largest absolute Gasteiger partial charge is 0.421 e. The van der Waals surface area contributed by atoms with Gasteiger partial charge in [-0.3, -0.25) is 9.59 Å². The third-order valence-electron chi connectivity index (χ3n) is 3.83. The molecule has 4 nitrogen and oxygen atoms in total. The molecule has 1 aromatic heterocycles. The minimum Gasteiger partial charge on any atom is -0.352 e. The van der Waals surface area contributed by atoms with Gasteiger partial charge in [0.25, 0.3) is 5.56 Å². The van der Waals surface area contributed by atoms with Crippen molar-refractivity contribution in [1.82, 2.24) is 9.88 Å². The third-order valence-corrected chi connectivity index (χ3v) is 4.35. The van der Waals surface area contributed by atoms with Crippen LogP contribution in [0.15, 0.2) is 51.9 Å². The molecule has 0 saturated carbocycles. The molecule has 0 saturated heterocycles. The maximum absolute atomic E-state index is 12.7. The molecule has 1 atom stereocenters. The van der Waals surface area contributed by atoms with Crippen molar-refractivity contribution in [1.29, 1.82) is 0 Å². The lowest BCUT2D eigenvalue weighted by Crippen LogP contribution is -2.38. The Kier molecular flexibility index (Phi) is 6.63. The Labute approximate surface area is 157 Å². The molecule has 1 amide bonds. The average molecular weight is 431 g/mol. The van der Waals surface area contributed by atoms with Crippen molar-refractivity contribution in [3.05, 3.63) is 68.5 Å². The summed E-state index contributed by atoms with van der Waals surface area (Å²) in [5.41, 5.74) is -1.39. The first-order valence-corrected chi connectivity index (χ1v) is 8.76. The number of benzene rings is 1. The number of rotatable bonds is 6. The Bertz CT molecular complexity index is 816. The molecular formula is C18H18BrF3N2O2. The molecule has 0 aliphatic carbocycles. The van der Waals surface area contributed by atoms with Gasteiger partial charge < -0.3 is 9.88 Å². The molecule has 26 heavy (non-hydrogen) atoms. The van der Waals surface area contributed by atoms with E-state index in [1.165, 1.54) is 6.20 Å². The minimum atomic E-state index is -4.74. The normalized spacial score (nSPS) is 12.7. The number of carbonyl (C=O) groups is 1. The summed E-state index contributed by atoms with van der Waals surface area (Å²) >= 11 is 3.36. The van der Waals surface area contributed by atoms with Crippen LogP contribution in [0.25, 0.3) is 0 Å². The van der Waals surface area contributed by atoms with Crippen LogP contribution in [0.4, 0.5) is 13.2 Å². The molecular weight excluding hydrogens is 413 g/mol. The number of hydrogen-bond donors (Lipinski definition) is 1. The molecule has 8 heteroatoms. The van der Waals surface area contributed by atoms with E-state index in [1.54, 1.807) is 0 Å². The molecule has 2 aromatic rings. The second-order valence-corrected chi connectivity index (χ2v) is 6.90. The summed E-state index contributed by atoms with van der Waals surface area (Å²) < 4.78 is 40.0. The van der Waals surface area contributed by atoms with Crippen LogP contribution in [0.3, 0.4) is 0 Å². The molecule has 0 aliphatic heterocycles. The van der Waals surface area contributed by atoms with E-state index in [0.717, 1.165) is 27.1 Å². The number of aryl methyl sites for hydroxylation is 1. The van der Waals surface area contributed by atoms with Gasteiger partial charge in [-0.05, 0) is 49.6 Å². The monoisotopic (exact) mass is 430 g/mol. The number of carbonyl (C=O) groups excluding carboxylic acids is 1. The maximum atomic E-state index is 12.7. The van der Waals surface area contributed by atoms with Gasteiger partial charge in [0, 0.05) is 16.7 Å². The number of pyridine rings is 1. The summed E-state index contributed by atoms with van der Waals surface area (Å²) in [6, 6.07) is 9.44. The zero-order chi connectivity index (χ0) is 19.3. The van der Waals surface area contributed by atoms with Gasteiger partial charge in [0.15, 0.2) is 0 Å². The fourth-order valence-corrected chi connectivity index (χ4v) is 2.72. The fraction of sp³-hybridized carbons (Fsp3) is 0.333. The topological polar surface area (TPSA) is 51.1 Å². The van der Waals surface area contributed by atoms with Crippen molar-refractivity contribution in [2.45, 2.75) is 38.5 Å². The van der Waals surface area contributed by atoms with Crippen LogP contribution in [-0.4, -0.2) is 16.5 Å². The van der Waals surface area contributed by atoms with Gasteiger partial charge in [-0.25, -0.2) is 0 Å². The molecule has 0 bridgehead atoms. The zero-order valence-corrected chi connectivity index (χ0v) is 15.6. The Hall–Kier alpha value is -2.09. The highest BCUT2D eigenvalue weighted by atomic mass is 79.9. The minimum absolute atomic E-state index is 0.173. The van der Waals surface area contributed by atoms with Crippen LogP contribution in [0, 0.1) is 0 Å². The number of alkyl halides is 3.